The van der Waals surface area contributed by atoms with Crippen molar-refractivity contribution in [3.63, 3.8) is 0 Å². The number of aromatic nitrogens is 3. The molecule has 2 atom stereocenters. The minimum Gasteiger partial charge on any atom is -0.308 e. The normalized spacial score (nSPS) is 22.6. The minimum atomic E-state index is 0.382. The van der Waals surface area contributed by atoms with Crippen molar-refractivity contribution in [3.05, 3.63) is 11.9 Å². The first-order valence-electron chi connectivity index (χ1n) is 6.18. The Labute approximate surface area is 111 Å². The van der Waals surface area contributed by atoms with E-state index in [1.165, 1.54) is 23.0 Å². The molecule has 1 N–H and O–H groups in total. The van der Waals surface area contributed by atoms with Crippen LogP contribution in [0.3, 0.4) is 0 Å². The van der Waals surface area contributed by atoms with E-state index in [0.717, 1.165) is 13.1 Å². The van der Waals surface area contributed by atoms with E-state index >= 15 is 0 Å². The van der Waals surface area contributed by atoms with Gasteiger partial charge in [-0.25, -0.2) is 4.68 Å². The Morgan fingerprint density at radius 2 is 2.41 bits per heavy atom. The summed E-state index contributed by atoms with van der Waals surface area (Å²) in [5.41, 5.74) is 1.23. The Morgan fingerprint density at radius 3 is 3.06 bits per heavy atom. The van der Waals surface area contributed by atoms with Gasteiger partial charge >= 0.3 is 0 Å². The first-order chi connectivity index (χ1) is 8.36. The van der Waals surface area contributed by atoms with E-state index in [2.05, 4.69) is 53.0 Å². The fraction of sp³-hybridized carbons (Fsp3) is 0.818. The number of thioether (sulfide) groups is 2. The number of nitrogens with zero attached hydrogens (tertiary/aromatic N) is 3. The predicted molar refractivity (Wildman–Crippen MR) is 75.7 cm³/mol. The molecule has 2 unspecified atom stereocenters. The quantitative estimate of drug-likeness (QED) is 0.885. The Bertz CT molecular complexity index is 336. The second-order valence-electron chi connectivity index (χ2n) is 3.99. The third-order valence-corrected chi connectivity index (χ3v) is 5.77. The monoisotopic (exact) mass is 272 g/mol. The lowest BCUT2D eigenvalue weighted by atomic mass is 10.1. The van der Waals surface area contributed by atoms with Crippen LogP contribution in [0, 0.1) is 0 Å². The van der Waals surface area contributed by atoms with Gasteiger partial charge in [0.25, 0.3) is 0 Å². The van der Waals surface area contributed by atoms with Gasteiger partial charge in [0.05, 0.1) is 17.9 Å². The molecule has 6 heteroatoms. The summed E-state index contributed by atoms with van der Waals surface area (Å²) >= 11 is 4.13. The Morgan fingerprint density at radius 1 is 1.53 bits per heavy atom. The van der Waals surface area contributed by atoms with E-state index in [4.69, 9.17) is 0 Å². The van der Waals surface area contributed by atoms with Crippen molar-refractivity contribution in [2.24, 2.45) is 0 Å². The molecular formula is C11H20N4S2. The molecule has 1 aromatic rings. The maximum Gasteiger partial charge on any atom is 0.0768 e. The zero-order valence-corrected chi connectivity index (χ0v) is 12.1. The summed E-state index contributed by atoms with van der Waals surface area (Å²) in [5.74, 6) is 3.76. The van der Waals surface area contributed by atoms with Gasteiger partial charge in [0.15, 0.2) is 0 Å². The highest BCUT2D eigenvalue weighted by Gasteiger charge is 2.27. The molecule has 1 saturated heterocycles. The molecule has 0 saturated carbocycles. The zero-order chi connectivity index (χ0) is 12.1. The number of hydrogen-bond donors (Lipinski definition) is 1. The third-order valence-electron chi connectivity index (χ3n) is 2.90. The average molecular weight is 272 g/mol. The van der Waals surface area contributed by atoms with Crippen molar-refractivity contribution in [1.29, 1.82) is 0 Å². The molecule has 0 spiro atoms. The summed E-state index contributed by atoms with van der Waals surface area (Å²) in [7, 11) is 0. The SMILES string of the molecule is CCNC(c1cnnn1CC)C1CSCCS1. The van der Waals surface area contributed by atoms with Gasteiger partial charge in [-0.15, -0.1) is 5.10 Å². The third kappa shape index (κ3) is 3.17. The molecule has 0 radical (unpaired) electrons. The van der Waals surface area contributed by atoms with Crippen LogP contribution in [0.5, 0.6) is 0 Å². The van der Waals surface area contributed by atoms with Crippen LogP contribution in [0.25, 0.3) is 0 Å². The summed E-state index contributed by atoms with van der Waals surface area (Å²) in [4.78, 5) is 0. The molecular weight excluding hydrogens is 252 g/mol. The average Bonchev–Trinajstić information content (AvgIpc) is 2.85. The van der Waals surface area contributed by atoms with Crippen LogP contribution in [0.4, 0.5) is 0 Å². The zero-order valence-electron chi connectivity index (χ0n) is 10.4. The maximum absolute atomic E-state index is 4.14. The topological polar surface area (TPSA) is 42.7 Å². The van der Waals surface area contributed by atoms with E-state index in [-0.39, 0.29) is 0 Å². The summed E-state index contributed by atoms with van der Waals surface area (Å²) in [6.45, 7) is 6.15. The Kier molecular flexibility index (Phi) is 5.18. The van der Waals surface area contributed by atoms with Crippen molar-refractivity contribution in [1.82, 2.24) is 20.3 Å². The van der Waals surface area contributed by atoms with Crippen molar-refractivity contribution in [3.8, 4) is 0 Å². The van der Waals surface area contributed by atoms with Gasteiger partial charge in [-0.1, -0.05) is 12.1 Å². The van der Waals surface area contributed by atoms with Gasteiger partial charge < -0.3 is 5.32 Å². The predicted octanol–water partition coefficient (Wildman–Crippen LogP) is 1.80. The van der Waals surface area contributed by atoms with Crippen LogP contribution in [0.15, 0.2) is 6.20 Å². The highest BCUT2D eigenvalue weighted by atomic mass is 32.2. The van der Waals surface area contributed by atoms with Crippen LogP contribution in [0.2, 0.25) is 0 Å². The molecule has 0 aromatic carbocycles. The van der Waals surface area contributed by atoms with Gasteiger partial charge in [-0.3, -0.25) is 0 Å². The van der Waals surface area contributed by atoms with Crippen LogP contribution in [-0.4, -0.2) is 44.0 Å². The van der Waals surface area contributed by atoms with E-state index in [9.17, 15) is 0 Å². The summed E-state index contributed by atoms with van der Waals surface area (Å²) < 4.78 is 2.01. The number of hydrogen-bond acceptors (Lipinski definition) is 5. The molecule has 0 aliphatic carbocycles. The lowest BCUT2D eigenvalue weighted by molar-refractivity contribution is 0.488. The highest BCUT2D eigenvalue weighted by Crippen LogP contribution is 2.33. The molecule has 96 valence electrons. The van der Waals surface area contributed by atoms with Gasteiger partial charge in [-0.2, -0.15) is 23.5 Å². The molecule has 1 aliphatic rings. The summed E-state index contributed by atoms with van der Waals surface area (Å²) in [6.07, 6.45) is 1.91. The van der Waals surface area contributed by atoms with E-state index < -0.39 is 0 Å². The molecule has 0 amide bonds. The first kappa shape index (κ1) is 13.2. The molecule has 1 fully saturated rings. The number of nitrogens with one attached hydrogen (secondary N) is 1. The van der Waals surface area contributed by atoms with Crippen LogP contribution in [-0.2, 0) is 6.54 Å². The fourth-order valence-corrected chi connectivity index (χ4v) is 4.95. The van der Waals surface area contributed by atoms with E-state index in [0.29, 0.717) is 11.3 Å². The minimum absolute atomic E-state index is 0.382. The number of aryl methyl sites for hydroxylation is 1. The first-order valence-corrected chi connectivity index (χ1v) is 8.38. The summed E-state index contributed by atoms with van der Waals surface area (Å²) in [6, 6.07) is 0.382. The smallest absolute Gasteiger partial charge is 0.0768 e. The fourth-order valence-electron chi connectivity index (χ4n) is 2.10. The molecule has 2 heterocycles. The van der Waals surface area contributed by atoms with Gasteiger partial charge in [0.1, 0.15) is 0 Å². The lowest BCUT2D eigenvalue weighted by Gasteiger charge is -2.30. The number of rotatable bonds is 5. The second kappa shape index (κ2) is 6.66. The van der Waals surface area contributed by atoms with Crippen molar-refractivity contribution < 1.29 is 0 Å². The van der Waals surface area contributed by atoms with Crippen molar-refractivity contribution in [2.75, 3.05) is 23.8 Å². The Hall–Kier alpha value is -0.200. The molecule has 0 bridgehead atoms. The second-order valence-corrected chi connectivity index (χ2v) is 6.49. The molecule has 17 heavy (non-hydrogen) atoms. The van der Waals surface area contributed by atoms with Crippen LogP contribution in [0.1, 0.15) is 25.6 Å². The maximum atomic E-state index is 4.14. The largest absolute Gasteiger partial charge is 0.308 e. The van der Waals surface area contributed by atoms with Crippen LogP contribution >= 0.6 is 23.5 Å². The lowest BCUT2D eigenvalue weighted by Crippen LogP contribution is -2.35. The Balaban J connectivity index is 2.15. The standard InChI is InChI=1S/C11H20N4S2/c1-3-12-11(10-8-16-5-6-17-10)9-7-13-14-15(9)4-2/h7,10-12H,3-6,8H2,1-2H3. The van der Waals surface area contributed by atoms with E-state index in [1.807, 2.05) is 10.9 Å². The van der Waals surface area contributed by atoms with E-state index in [1.54, 1.807) is 0 Å². The molecule has 4 nitrogen and oxygen atoms in total. The molecule has 2 rings (SSSR count). The van der Waals surface area contributed by atoms with Gasteiger partial charge in [0.2, 0.25) is 0 Å². The summed E-state index contributed by atoms with van der Waals surface area (Å²) in [5, 5.41) is 12.4. The van der Waals surface area contributed by atoms with Gasteiger partial charge in [-0.05, 0) is 13.5 Å². The van der Waals surface area contributed by atoms with Crippen molar-refractivity contribution in [2.45, 2.75) is 31.7 Å². The van der Waals surface area contributed by atoms with Gasteiger partial charge in [0, 0.05) is 29.1 Å². The molecule has 1 aromatic heterocycles. The highest BCUT2D eigenvalue weighted by molar-refractivity contribution is 8.06. The van der Waals surface area contributed by atoms with Crippen LogP contribution < -0.4 is 5.32 Å². The molecule has 1 aliphatic heterocycles. The van der Waals surface area contributed by atoms with Crippen molar-refractivity contribution >= 4 is 23.5 Å².